The highest BCUT2D eigenvalue weighted by molar-refractivity contribution is 4.59. The second-order valence-electron chi connectivity index (χ2n) is 3.85. The van der Waals surface area contributed by atoms with Gasteiger partial charge in [0.15, 0.2) is 0 Å². The molecule has 0 aromatic carbocycles. The molecule has 4 nitrogen and oxygen atoms in total. The van der Waals surface area contributed by atoms with Crippen molar-refractivity contribution in [2.45, 2.75) is 52.5 Å². The summed E-state index contributed by atoms with van der Waals surface area (Å²) in [6, 6.07) is 0. The van der Waals surface area contributed by atoms with Gasteiger partial charge in [-0.3, -0.25) is 0 Å². The summed E-state index contributed by atoms with van der Waals surface area (Å²) in [6.45, 7) is 8.98. The quantitative estimate of drug-likeness (QED) is 0.696. The van der Waals surface area contributed by atoms with E-state index in [-0.39, 0.29) is 12.2 Å². The van der Waals surface area contributed by atoms with Crippen LogP contribution in [0.15, 0.2) is 0 Å². The van der Waals surface area contributed by atoms with Crippen LogP contribution in [0.4, 0.5) is 0 Å². The Morgan fingerprint density at radius 3 is 1.50 bits per heavy atom. The number of rotatable bonds is 4. The lowest BCUT2D eigenvalue weighted by Gasteiger charge is -2.33. The van der Waals surface area contributed by atoms with E-state index < -0.39 is 12.6 Å². The summed E-state index contributed by atoms with van der Waals surface area (Å²) in [5.74, 6) is 0. The summed E-state index contributed by atoms with van der Waals surface area (Å²) in [7, 11) is 0. The predicted octanol–water partition coefficient (Wildman–Crippen LogP) is 1.54. The molecule has 2 unspecified atom stereocenters. The van der Waals surface area contributed by atoms with Crippen molar-refractivity contribution in [3.8, 4) is 0 Å². The number of ether oxygens (including phenoxy) is 4. The van der Waals surface area contributed by atoms with Crippen LogP contribution in [-0.4, -0.2) is 38.0 Å². The second-order valence-corrected chi connectivity index (χ2v) is 3.85. The topological polar surface area (TPSA) is 36.9 Å². The maximum Gasteiger partial charge on any atom is 0.209 e. The Bertz CT molecular complexity index is 140. The van der Waals surface area contributed by atoms with Crippen LogP contribution in [0.2, 0.25) is 0 Å². The molecule has 1 saturated heterocycles. The fraction of sp³-hybridized carbons (Fsp3) is 1.00. The zero-order valence-electron chi connectivity index (χ0n) is 9.36. The van der Waals surface area contributed by atoms with Gasteiger partial charge in [0.05, 0.1) is 25.4 Å². The maximum atomic E-state index is 5.53. The Kier molecular flexibility index (Phi) is 4.81. The Hall–Kier alpha value is -0.160. The highest BCUT2D eigenvalue weighted by Gasteiger charge is 2.29. The first kappa shape index (κ1) is 11.9. The summed E-state index contributed by atoms with van der Waals surface area (Å²) in [6.07, 6.45) is -0.572. The van der Waals surface area contributed by atoms with Crippen molar-refractivity contribution in [1.82, 2.24) is 0 Å². The first-order valence-electron chi connectivity index (χ1n) is 5.13. The molecule has 1 heterocycles. The van der Waals surface area contributed by atoms with Gasteiger partial charge in [-0.1, -0.05) is 0 Å². The van der Waals surface area contributed by atoms with Gasteiger partial charge in [-0.05, 0) is 27.7 Å². The molecule has 0 aromatic heterocycles. The smallest absolute Gasteiger partial charge is 0.209 e. The molecule has 0 saturated carbocycles. The van der Waals surface area contributed by atoms with Crippen molar-refractivity contribution >= 4 is 0 Å². The number of hydrogen-bond acceptors (Lipinski definition) is 4. The van der Waals surface area contributed by atoms with Crippen LogP contribution >= 0.6 is 0 Å². The Labute approximate surface area is 85.5 Å². The molecule has 0 bridgehead atoms. The maximum absolute atomic E-state index is 5.53. The third-order valence-electron chi connectivity index (χ3n) is 1.68. The van der Waals surface area contributed by atoms with Gasteiger partial charge < -0.3 is 18.9 Å². The van der Waals surface area contributed by atoms with Crippen molar-refractivity contribution < 1.29 is 18.9 Å². The lowest BCUT2D eigenvalue weighted by Crippen LogP contribution is -2.44. The molecule has 14 heavy (non-hydrogen) atoms. The van der Waals surface area contributed by atoms with E-state index in [1.807, 2.05) is 27.7 Å². The van der Waals surface area contributed by atoms with Crippen LogP contribution in [0, 0.1) is 0 Å². The summed E-state index contributed by atoms with van der Waals surface area (Å²) in [5, 5.41) is 0. The zero-order valence-corrected chi connectivity index (χ0v) is 9.36. The molecule has 0 aliphatic carbocycles. The minimum absolute atomic E-state index is 0.111. The molecule has 1 fully saturated rings. The lowest BCUT2D eigenvalue weighted by atomic mass is 10.4. The van der Waals surface area contributed by atoms with Crippen molar-refractivity contribution in [2.24, 2.45) is 0 Å². The molecule has 1 aliphatic rings. The van der Waals surface area contributed by atoms with Crippen LogP contribution in [-0.2, 0) is 18.9 Å². The van der Waals surface area contributed by atoms with Crippen LogP contribution in [0.5, 0.6) is 0 Å². The number of hydrogen-bond donors (Lipinski definition) is 0. The highest BCUT2D eigenvalue weighted by Crippen LogP contribution is 2.16. The average molecular weight is 204 g/mol. The molecule has 0 spiro atoms. The Balaban J connectivity index is 2.41. The first-order chi connectivity index (χ1) is 6.59. The molecule has 0 radical (unpaired) electrons. The Morgan fingerprint density at radius 1 is 0.857 bits per heavy atom. The third kappa shape index (κ3) is 3.92. The molecule has 4 heteroatoms. The van der Waals surface area contributed by atoms with E-state index in [0.29, 0.717) is 13.2 Å². The molecule has 1 aliphatic heterocycles. The fourth-order valence-corrected chi connectivity index (χ4v) is 1.23. The standard InChI is InChI=1S/C10H20O4/c1-7(2)13-9-10(14-8(3)4)12-6-5-11-9/h7-10H,5-6H2,1-4H3. The summed E-state index contributed by atoms with van der Waals surface area (Å²) in [5.41, 5.74) is 0. The van der Waals surface area contributed by atoms with E-state index in [9.17, 15) is 0 Å². The first-order valence-corrected chi connectivity index (χ1v) is 5.13. The summed E-state index contributed by atoms with van der Waals surface area (Å²) >= 11 is 0. The van der Waals surface area contributed by atoms with Gasteiger partial charge >= 0.3 is 0 Å². The minimum atomic E-state index is -0.397. The average Bonchev–Trinajstić information content (AvgIpc) is 2.06. The summed E-state index contributed by atoms with van der Waals surface area (Å²) in [4.78, 5) is 0. The molecule has 2 atom stereocenters. The molecular weight excluding hydrogens is 184 g/mol. The molecule has 0 aromatic rings. The Morgan fingerprint density at radius 2 is 1.21 bits per heavy atom. The van der Waals surface area contributed by atoms with E-state index in [1.54, 1.807) is 0 Å². The highest BCUT2D eigenvalue weighted by atomic mass is 16.8. The van der Waals surface area contributed by atoms with Gasteiger partial charge in [-0.2, -0.15) is 0 Å². The lowest BCUT2D eigenvalue weighted by molar-refractivity contribution is -0.334. The van der Waals surface area contributed by atoms with Crippen molar-refractivity contribution in [2.75, 3.05) is 13.2 Å². The zero-order chi connectivity index (χ0) is 10.6. The van der Waals surface area contributed by atoms with Crippen molar-refractivity contribution in [1.29, 1.82) is 0 Å². The van der Waals surface area contributed by atoms with Gasteiger partial charge in [0.25, 0.3) is 0 Å². The van der Waals surface area contributed by atoms with Gasteiger partial charge in [-0.25, -0.2) is 0 Å². The minimum Gasteiger partial charge on any atom is -0.346 e. The van der Waals surface area contributed by atoms with Crippen molar-refractivity contribution in [3.05, 3.63) is 0 Å². The fourth-order valence-electron chi connectivity index (χ4n) is 1.23. The van der Waals surface area contributed by atoms with Gasteiger partial charge in [0.2, 0.25) is 12.6 Å². The van der Waals surface area contributed by atoms with Crippen LogP contribution in [0.1, 0.15) is 27.7 Å². The van der Waals surface area contributed by atoms with E-state index in [4.69, 9.17) is 18.9 Å². The van der Waals surface area contributed by atoms with Crippen LogP contribution in [0.25, 0.3) is 0 Å². The summed E-state index contributed by atoms with van der Waals surface area (Å²) < 4.78 is 21.9. The van der Waals surface area contributed by atoms with Crippen LogP contribution < -0.4 is 0 Å². The second kappa shape index (κ2) is 5.66. The van der Waals surface area contributed by atoms with E-state index >= 15 is 0 Å². The SMILES string of the molecule is CC(C)OC1OCCOC1OC(C)C. The molecule has 84 valence electrons. The monoisotopic (exact) mass is 204 g/mol. The van der Waals surface area contributed by atoms with Gasteiger partial charge in [-0.15, -0.1) is 0 Å². The molecular formula is C10H20O4. The van der Waals surface area contributed by atoms with E-state index in [1.165, 1.54) is 0 Å². The largest absolute Gasteiger partial charge is 0.346 e. The predicted molar refractivity (Wildman–Crippen MR) is 51.9 cm³/mol. The van der Waals surface area contributed by atoms with Gasteiger partial charge in [0.1, 0.15) is 0 Å². The van der Waals surface area contributed by atoms with Crippen molar-refractivity contribution in [3.63, 3.8) is 0 Å². The van der Waals surface area contributed by atoms with Crippen LogP contribution in [0.3, 0.4) is 0 Å². The molecule has 1 rings (SSSR count). The van der Waals surface area contributed by atoms with E-state index in [0.717, 1.165) is 0 Å². The molecule has 0 amide bonds. The third-order valence-corrected chi connectivity index (χ3v) is 1.68. The molecule has 0 N–H and O–H groups in total. The van der Waals surface area contributed by atoms with E-state index in [2.05, 4.69) is 0 Å². The van der Waals surface area contributed by atoms with Gasteiger partial charge in [0, 0.05) is 0 Å². The normalized spacial score (nSPS) is 28.7.